The van der Waals surface area contributed by atoms with Gasteiger partial charge in [-0.2, -0.15) is 10.2 Å². The van der Waals surface area contributed by atoms with E-state index in [1.807, 2.05) is 33.8 Å². The number of hydrogen-bond acceptors (Lipinski definition) is 3. The first-order valence-electron chi connectivity index (χ1n) is 5.65. The van der Waals surface area contributed by atoms with Crippen molar-refractivity contribution in [1.82, 2.24) is 19.6 Å². The van der Waals surface area contributed by atoms with Crippen molar-refractivity contribution in [2.75, 3.05) is 0 Å². The number of aryl methyl sites for hydroxylation is 3. The zero-order valence-electron chi connectivity index (χ0n) is 10.6. The Labute approximate surface area is 100 Å². The van der Waals surface area contributed by atoms with Crippen molar-refractivity contribution in [2.24, 2.45) is 0 Å². The number of carbonyl (C=O) groups excluding carboxylic acids is 1. The average Bonchev–Trinajstić information content (AvgIpc) is 2.81. The van der Waals surface area contributed by atoms with Crippen molar-refractivity contribution in [2.45, 2.75) is 34.2 Å². The molecule has 0 saturated heterocycles. The first kappa shape index (κ1) is 11.6. The minimum absolute atomic E-state index is 0.118. The van der Waals surface area contributed by atoms with Crippen molar-refractivity contribution in [3.8, 4) is 0 Å². The number of aromatic nitrogens is 4. The topological polar surface area (TPSA) is 52.7 Å². The Kier molecular flexibility index (Phi) is 2.83. The van der Waals surface area contributed by atoms with Crippen molar-refractivity contribution in [3.63, 3.8) is 0 Å². The Bertz CT molecular complexity index is 565. The molecule has 0 aliphatic rings. The van der Waals surface area contributed by atoms with E-state index in [1.54, 1.807) is 10.9 Å². The van der Waals surface area contributed by atoms with Gasteiger partial charge in [0, 0.05) is 17.9 Å². The molecule has 0 unspecified atom stereocenters. The van der Waals surface area contributed by atoms with Gasteiger partial charge >= 0.3 is 0 Å². The molecule has 2 rings (SSSR count). The second-order valence-corrected chi connectivity index (χ2v) is 4.10. The molecule has 2 aromatic heterocycles. The van der Waals surface area contributed by atoms with E-state index in [2.05, 4.69) is 10.2 Å². The highest BCUT2D eigenvalue weighted by atomic mass is 16.2. The van der Waals surface area contributed by atoms with Gasteiger partial charge in [-0.25, -0.2) is 4.68 Å². The fraction of sp³-hybridized carbons (Fsp3) is 0.417. The van der Waals surface area contributed by atoms with Crippen LogP contribution in [0.5, 0.6) is 0 Å². The van der Waals surface area contributed by atoms with Crippen LogP contribution in [0.15, 0.2) is 12.3 Å². The summed E-state index contributed by atoms with van der Waals surface area (Å²) in [5.41, 5.74) is 3.18. The predicted octanol–water partition coefficient (Wildman–Crippen LogP) is 1.71. The second kappa shape index (κ2) is 4.16. The van der Waals surface area contributed by atoms with Crippen LogP contribution in [0.4, 0.5) is 0 Å². The standard InChI is InChI=1S/C12H16N4O/c1-5-15-10(4)11(7-13-15)12(17)16-9(3)6-8(2)14-16/h6-7H,5H2,1-4H3. The quantitative estimate of drug-likeness (QED) is 0.792. The van der Waals surface area contributed by atoms with E-state index < -0.39 is 0 Å². The second-order valence-electron chi connectivity index (χ2n) is 4.10. The molecule has 0 aliphatic carbocycles. The summed E-state index contributed by atoms with van der Waals surface area (Å²) < 4.78 is 3.23. The average molecular weight is 232 g/mol. The molecule has 0 atom stereocenters. The normalized spacial score (nSPS) is 10.8. The van der Waals surface area contributed by atoms with Crippen LogP contribution in [0.25, 0.3) is 0 Å². The number of nitrogens with zero attached hydrogens (tertiary/aromatic N) is 4. The summed E-state index contributed by atoms with van der Waals surface area (Å²) in [4.78, 5) is 12.3. The highest BCUT2D eigenvalue weighted by Crippen LogP contribution is 2.11. The predicted molar refractivity (Wildman–Crippen MR) is 64.1 cm³/mol. The SMILES string of the molecule is CCn1ncc(C(=O)n2nc(C)cc2C)c1C. The Morgan fingerprint density at radius 1 is 1.35 bits per heavy atom. The summed E-state index contributed by atoms with van der Waals surface area (Å²) >= 11 is 0. The van der Waals surface area contributed by atoms with E-state index in [0.717, 1.165) is 23.6 Å². The Hall–Kier alpha value is -1.91. The minimum Gasteiger partial charge on any atom is -0.269 e. The van der Waals surface area contributed by atoms with Gasteiger partial charge in [-0.15, -0.1) is 0 Å². The van der Waals surface area contributed by atoms with Gasteiger partial charge in [-0.05, 0) is 33.8 Å². The smallest absolute Gasteiger partial charge is 0.269 e. The van der Waals surface area contributed by atoms with E-state index in [9.17, 15) is 4.79 Å². The first-order chi connectivity index (χ1) is 8.04. The number of hydrogen-bond donors (Lipinski definition) is 0. The zero-order chi connectivity index (χ0) is 12.6. The van der Waals surface area contributed by atoms with Gasteiger partial charge in [0.25, 0.3) is 5.91 Å². The van der Waals surface area contributed by atoms with Crippen LogP contribution in [0, 0.1) is 20.8 Å². The molecule has 0 aromatic carbocycles. The van der Waals surface area contributed by atoms with E-state index in [4.69, 9.17) is 0 Å². The Morgan fingerprint density at radius 2 is 2.06 bits per heavy atom. The van der Waals surface area contributed by atoms with Crippen molar-refractivity contribution >= 4 is 5.91 Å². The molecule has 0 saturated carbocycles. The maximum Gasteiger partial charge on any atom is 0.281 e. The first-order valence-corrected chi connectivity index (χ1v) is 5.65. The summed E-state index contributed by atoms with van der Waals surface area (Å²) in [6.07, 6.45) is 1.61. The lowest BCUT2D eigenvalue weighted by Crippen LogP contribution is -2.16. The molecule has 0 spiro atoms. The Morgan fingerprint density at radius 3 is 2.53 bits per heavy atom. The minimum atomic E-state index is -0.118. The molecule has 90 valence electrons. The summed E-state index contributed by atoms with van der Waals surface area (Å²) in [6.45, 7) is 8.40. The number of carbonyl (C=O) groups is 1. The third-order valence-electron chi connectivity index (χ3n) is 2.84. The van der Waals surface area contributed by atoms with Crippen LogP contribution in [0.1, 0.15) is 34.4 Å². The third kappa shape index (κ3) is 1.88. The lowest BCUT2D eigenvalue weighted by molar-refractivity contribution is 0.0941. The maximum absolute atomic E-state index is 12.3. The molecule has 0 bridgehead atoms. The summed E-state index contributed by atoms with van der Waals surface area (Å²) in [5, 5.41) is 8.36. The van der Waals surface area contributed by atoms with Gasteiger partial charge in [-0.1, -0.05) is 0 Å². The number of rotatable bonds is 2. The van der Waals surface area contributed by atoms with Gasteiger partial charge in [0.2, 0.25) is 0 Å². The summed E-state index contributed by atoms with van der Waals surface area (Å²) in [5.74, 6) is -0.118. The largest absolute Gasteiger partial charge is 0.281 e. The van der Waals surface area contributed by atoms with Gasteiger partial charge in [0.15, 0.2) is 0 Å². The molecule has 5 heteroatoms. The summed E-state index contributed by atoms with van der Waals surface area (Å²) in [6, 6.07) is 1.89. The zero-order valence-corrected chi connectivity index (χ0v) is 10.6. The lowest BCUT2D eigenvalue weighted by Gasteiger charge is -2.03. The fourth-order valence-electron chi connectivity index (χ4n) is 1.92. The van der Waals surface area contributed by atoms with E-state index >= 15 is 0 Å². The molecule has 2 heterocycles. The highest BCUT2D eigenvalue weighted by molar-refractivity contribution is 5.96. The van der Waals surface area contributed by atoms with Gasteiger partial charge < -0.3 is 0 Å². The van der Waals surface area contributed by atoms with Crippen LogP contribution in [-0.2, 0) is 6.54 Å². The lowest BCUT2D eigenvalue weighted by atomic mass is 10.2. The molecule has 17 heavy (non-hydrogen) atoms. The monoisotopic (exact) mass is 232 g/mol. The molecular weight excluding hydrogens is 216 g/mol. The molecule has 2 aromatic rings. The van der Waals surface area contributed by atoms with Crippen LogP contribution in [0.2, 0.25) is 0 Å². The van der Waals surface area contributed by atoms with E-state index in [1.165, 1.54) is 4.68 Å². The van der Waals surface area contributed by atoms with Gasteiger partial charge in [-0.3, -0.25) is 9.48 Å². The van der Waals surface area contributed by atoms with Gasteiger partial charge in [0.1, 0.15) is 0 Å². The van der Waals surface area contributed by atoms with E-state index in [-0.39, 0.29) is 5.91 Å². The third-order valence-corrected chi connectivity index (χ3v) is 2.84. The van der Waals surface area contributed by atoms with Crippen molar-refractivity contribution in [1.29, 1.82) is 0 Å². The molecule has 0 radical (unpaired) electrons. The molecule has 5 nitrogen and oxygen atoms in total. The maximum atomic E-state index is 12.3. The van der Waals surface area contributed by atoms with Crippen molar-refractivity contribution < 1.29 is 4.79 Å². The molecule has 0 aliphatic heterocycles. The molecular formula is C12H16N4O. The Balaban J connectivity index is 2.44. The van der Waals surface area contributed by atoms with Crippen LogP contribution < -0.4 is 0 Å². The van der Waals surface area contributed by atoms with Crippen LogP contribution in [-0.4, -0.2) is 25.5 Å². The molecule has 0 amide bonds. The summed E-state index contributed by atoms with van der Waals surface area (Å²) in [7, 11) is 0. The molecule has 0 fully saturated rings. The fourth-order valence-corrected chi connectivity index (χ4v) is 1.92. The highest BCUT2D eigenvalue weighted by Gasteiger charge is 2.17. The van der Waals surface area contributed by atoms with E-state index in [0.29, 0.717) is 5.56 Å². The van der Waals surface area contributed by atoms with Crippen molar-refractivity contribution in [3.05, 3.63) is 34.9 Å². The van der Waals surface area contributed by atoms with Crippen LogP contribution in [0.3, 0.4) is 0 Å². The van der Waals surface area contributed by atoms with Crippen LogP contribution >= 0.6 is 0 Å². The molecule has 0 N–H and O–H groups in total. The van der Waals surface area contributed by atoms with Gasteiger partial charge in [0.05, 0.1) is 17.5 Å².